The molecule has 1 aromatic heterocycles. The Labute approximate surface area is 102 Å². The molecule has 0 saturated carbocycles. The molecule has 0 aliphatic heterocycles. The van der Waals surface area contributed by atoms with Gasteiger partial charge in [0.1, 0.15) is 0 Å². The van der Waals surface area contributed by atoms with Crippen LogP contribution in [0.2, 0.25) is 0 Å². The maximum absolute atomic E-state index is 5.60. The molecule has 0 bridgehead atoms. The predicted molar refractivity (Wildman–Crippen MR) is 73.0 cm³/mol. The van der Waals surface area contributed by atoms with Crippen LogP contribution in [0, 0.1) is 0 Å². The maximum Gasteiger partial charge on any atom is 0.0758 e. The van der Waals surface area contributed by atoms with Crippen LogP contribution in [-0.2, 0) is 6.42 Å². The second-order valence-electron chi connectivity index (χ2n) is 4.56. The molecule has 3 nitrogen and oxygen atoms in total. The van der Waals surface area contributed by atoms with Gasteiger partial charge in [0, 0.05) is 11.1 Å². The van der Waals surface area contributed by atoms with E-state index in [-0.39, 0.29) is 0 Å². The van der Waals surface area contributed by atoms with Gasteiger partial charge in [-0.05, 0) is 24.0 Å². The van der Waals surface area contributed by atoms with Gasteiger partial charge in [0.15, 0.2) is 0 Å². The third kappa shape index (κ3) is 2.11. The van der Waals surface area contributed by atoms with Crippen LogP contribution < -0.4 is 11.3 Å². The number of nitrogen functional groups attached to an aromatic ring is 1. The number of fused-ring (bicyclic) bond motifs is 1. The number of aryl methyl sites for hydroxylation is 1. The molecular formula is C14H19N3. The molecule has 3 heteroatoms. The fraction of sp³-hybridized carbons (Fsp3) is 0.357. The summed E-state index contributed by atoms with van der Waals surface area (Å²) in [5.74, 6) is 6.00. The number of hydrogen-bond donors (Lipinski definition) is 2. The van der Waals surface area contributed by atoms with E-state index in [1.54, 1.807) is 0 Å². The second-order valence-corrected chi connectivity index (χ2v) is 4.56. The summed E-state index contributed by atoms with van der Waals surface area (Å²) in [7, 11) is 0. The fourth-order valence-electron chi connectivity index (χ4n) is 2.03. The molecule has 1 heterocycles. The van der Waals surface area contributed by atoms with Gasteiger partial charge in [-0.3, -0.25) is 10.8 Å². The molecule has 0 atom stereocenters. The number of benzene rings is 1. The monoisotopic (exact) mass is 229 g/mol. The number of para-hydroxylation sites is 1. The van der Waals surface area contributed by atoms with Crippen LogP contribution in [0.1, 0.15) is 37.9 Å². The molecule has 0 amide bonds. The van der Waals surface area contributed by atoms with Crippen LogP contribution >= 0.6 is 0 Å². The fourth-order valence-corrected chi connectivity index (χ4v) is 2.03. The highest BCUT2D eigenvalue weighted by Crippen LogP contribution is 2.28. The van der Waals surface area contributed by atoms with E-state index in [1.165, 1.54) is 5.56 Å². The zero-order valence-corrected chi connectivity index (χ0v) is 10.6. The molecule has 0 fully saturated rings. The predicted octanol–water partition coefficient (Wildman–Crippen LogP) is 3.21. The summed E-state index contributed by atoms with van der Waals surface area (Å²) < 4.78 is 0. The first-order valence-corrected chi connectivity index (χ1v) is 6.06. The Bertz CT molecular complexity index is 532. The quantitative estimate of drug-likeness (QED) is 0.627. The lowest BCUT2D eigenvalue weighted by atomic mass is 10.0. The molecule has 0 aliphatic carbocycles. The van der Waals surface area contributed by atoms with Crippen molar-refractivity contribution in [3.8, 4) is 0 Å². The first kappa shape index (κ1) is 11.9. The van der Waals surface area contributed by atoms with Crippen molar-refractivity contribution >= 4 is 16.6 Å². The molecule has 0 aliphatic rings. The molecule has 0 spiro atoms. The van der Waals surface area contributed by atoms with Gasteiger partial charge in [0.05, 0.1) is 11.2 Å². The van der Waals surface area contributed by atoms with Gasteiger partial charge < -0.3 is 5.43 Å². The van der Waals surface area contributed by atoms with E-state index in [0.29, 0.717) is 5.92 Å². The van der Waals surface area contributed by atoms with Crippen LogP contribution in [0.5, 0.6) is 0 Å². The summed E-state index contributed by atoms with van der Waals surface area (Å²) in [5.41, 5.74) is 7.13. The summed E-state index contributed by atoms with van der Waals surface area (Å²) in [6, 6.07) is 8.27. The van der Waals surface area contributed by atoms with Crippen LogP contribution in [0.3, 0.4) is 0 Å². The van der Waals surface area contributed by atoms with Crippen LogP contribution in [0.4, 0.5) is 5.69 Å². The number of aromatic nitrogens is 1. The molecule has 1 aromatic carbocycles. The lowest BCUT2D eigenvalue weighted by Gasteiger charge is -2.13. The Hall–Kier alpha value is -1.61. The first-order valence-electron chi connectivity index (χ1n) is 6.06. The van der Waals surface area contributed by atoms with E-state index in [1.807, 2.05) is 6.07 Å². The minimum Gasteiger partial charge on any atom is -0.323 e. The number of hydrazine groups is 1. The average Bonchev–Trinajstić information content (AvgIpc) is 2.36. The topological polar surface area (TPSA) is 50.9 Å². The third-order valence-corrected chi connectivity index (χ3v) is 3.07. The third-order valence-electron chi connectivity index (χ3n) is 3.07. The number of hydrogen-bond acceptors (Lipinski definition) is 3. The number of rotatable bonds is 3. The first-order chi connectivity index (χ1) is 8.17. The molecule has 0 radical (unpaired) electrons. The van der Waals surface area contributed by atoms with Crippen molar-refractivity contribution in [3.63, 3.8) is 0 Å². The van der Waals surface area contributed by atoms with Gasteiger partial charge in [-0.25, -0.2) is 0 Å². The number of nitrogens with zero attached hydrogens (tertiary/aromatic N) is 1. The van der Waals surface area contributed by atoms with Crippen LogP contribution in [0.15, 0.2) is 24.3 Å². The highest BCUT2D eigenvalue weighted by atomic mass is 15.2. The summed E-state index contributed by atoms with van der Waals surface area (Å²) in [6.45, 7) is 6.43. The number of pyridine rings is 1. The molecule has 2 aromatic rings. The lowest BCUT2D eigenvalue weighted by Crippen LogP contribution is -2.09. The van der Waals surface area contributed by atoms with Crippen molar-refractivity contribution in [1.29, 1.82) is 0 Å². The Balaban J connectivity index is 2.78. The largest absolute Gasteiger partial charge is 0.323 e. The molecule has 17 heavy (non-hydrogen) atoms. The van der Waals surface area contributed by atoms with Crippen molar-refractivity contribution in [2.24, 2.45) is 5.84 Å². The van der Waals surface area contributed by atoms with Gasteiger partial charge in [-0.15, -0.1) is 0 Å². The molecule has 90 valence electrons. The maximum atomic E-state index is 5.60. The summed E-state index contributed by atoms with van der Waals surface area (Å²) >= 11 is 0. The number of nitrogens with one attached hydrogen (secondary N) is 1. The second kappa shape index (κ2) is 4.72. The molecule has 2 rings (SSSR count). The standard InChI is InChI=1S/C14H19N3/c1-4-10-6-5-7-11-13(17-15)8-12(9(2)3)16-14(10)11/h5-9H,4,15H2,1-3H3,(H,16,17). The van der Waals surface area contributed by atoms with Crippen molar-refractivity contribution in [2.45, 2.75) is 33.1 Å². The number of anilines is 1. The Morgan fingerprint density at radius 3 is 2.71 bits per heavy atom. The lowest BCUT2D eigenvalue weighted by molar-refractivity contribution is 0.829. The van der Waals surface area contributed by atoms with Crippen LogP contribution in [0.25, 0.3) is 10.9 Å². The van der Waals surface area contributed by atoms with Gasteiger partial charge in [0.2, 0.25) is 0 Å². The van der Waals surface area contributed by atoms with Crippen molar-refractivity contribution in [1.82, 2.24) is 4.98 Å². The van der Waals surface area contributed by atoms with Gasteiger partial charge >= 0.3 is 0 Å². The average molecular weight is 229 g/mol. The van der Waals surface area contributed by atoms with Gasteiger partial charge in [0.25, 0.3) is 0 Å². The minimum atomic E-state index is 0.399. The Kier molecular flexibility index (Phi) is 3.29. The SMILES string of the molecule is CCc1cccc2c(NN)cc(C(C)C)nc12. The smallest absolute Gasteiger partial charge is 0.0758 e. The zero-order chi connectivity index (χ0) is 12.4. The van der Waals surface area contributed by atoms with E-state index in [4.69, 9.17) is 10.8 Å². The normalized spacial score (nSPS) is 11.1. The highest BCUT2D eigenvalue weighted by Gasteiger charge is 2.09. The van der Waals surface area contributed by atoms with Crippen molar-refractivity contribution in [3.05, 3.63) is 35.5 Å². The van der Waals surface area contributed by atoms with E-state index >= 15 is 0 Å². The summed E-state index contributed by atoms with van der Waals surface area (Å²) in [6.07, 6.45) is 0.982. The minimum absolute atomic E-state index is 0.399. The van der Waals surface area contributed by atoms with E-state index < -0.39 is 0 Å². The zero-order valence-electron chi connectivity index (χ0n) is 10.6. The Morgan fingerprint density at radius 1 is 1.35 bits per heavy atom. The molecule has 3 N–H and O–H groups in total. The van der Waals surface area contributed by atoms with E-state index in [2.05, 4.69) is 44.4 Å². The summed E-state index contributed by atoms with van der Waals surface area (Å²) in [4.78, 5) is 4.76. The molecule has 0 saturated heterocycles. The molecular weight excluding hydrogens is 210 g/mol. The Morgan fingerprint density at radius 2 is 2.12 bits per heavy atom. The van der Waals surface area contributed by atoms with E-state index in [0.717, 1.165) is 28.7 Å². The highest BCUT2D eigenvalue weighted by molar-refractivity contribution is 5.93. The van der Waals surface area contributed by atoms with Crippen molar-refractivity contribution < 1.29 is 0 Å². The van der Waals surface area contributed by atoms with Gasteiger partial charge in [-0.1, -0.05) is 39.0 Å². The van der Waals surface area contributed by atoms with Gasteiger partial charge in [-0.2, -0.15) is 0 Å². The molecule has 0 unspecified atom stereocenters. The van der Waals surface area contributed by atoms with Crippen molar-refractivity contribution in [2.75, 3.05) is 5.43 Å². The van der Waals surface area contributed by atoms with Crippen LogP contribution in [-0.4, -0.2) is 4.98 Å². The van der Waals surface area contributed by atoms with E-state index in [9.17, 15) is 0 Å². The number of nitrogens with two attached hydrogens (primary N) is 1. The summed E-state index contributed by atoms with van der Waals surface area (Å²) in [5, 5.41) is 1.09.